The summed E-state index contributed by atoms with van der Waals surface area (Å²) in [6.07, 6.45) is -10.1. The fourth-order valence-corrected chi connectivity index (χ4v) is 3.50. The van der Waals surface area contributed by atoms with Gasteiger partial charge in [0.2, 0.25) is 0 Å². The maximum atomic E-state index is 13.5. The van der Waals surface area contributed by atoms with Gasteiger partial charge in [0.1, 0.15) is 5.60 Å². The monoisotopic (exact) mass is 456 g/mol. The van der Waals surface area contributed by atoms with Gasteiger partial charge in [0, 0.05) is 6.61 Å². The maximum Gasteiger partial charge on any atom is 0.417 e. The Balaban J connectivity index is 2.80. The maximum absolute atomic E-state index is 13.5. The van der Waals surface area contributed by atoms with Crippen molar-refractivity contribution in [1.29, 1.82) is 10.5 Å². The van der Waals surface area contributed by atoms with E-state index in [1.54, 1.807) is 6.92 Å². The van der Waals surface area contributed by atoms with E-state index in [4.69, 9.17) is 15.6 Å². The topological polar surface area (TPSA) is 88.0 Å². The molecule has 0 bridgehead atoms. The molecule has 2 aromatic rings. The largest absolute Gasteiger partial charge is 0.417 e. The number of hydrogen-bond acceptors (Lipinski definition) is 4. The summed E-state index contributed by atoms with van der Waals surface area (Å²) >= 11 is 0. The van der Waals surface area contributed by atoms with Crippen LogP contribution in [0.4, 0.5) is 26.3 Å². The van der Waals surface area contributed by atoms with Crippen LogP contribution in [0.25, 0.3) is 0 Å². The van der Waals surface area contributed by atoms with Gasteiger partial charge in [0.05, 0.1) is 34.4 Å². The SMILES string of the molecule is CC(CCO)CC(O)(c1ccc(C#N)c(C(F)(F)F)c1)c1ccc(C#N)c(C(F)(F)F)c1. The van der Waals surface area contributed by atoms with Gasteiger partial charge >= 0.3 is 12.4 Å². The van der Waals surface area contributed by atoms with Crippen LogP contribution in [-0.2, 0) is 18.0 Å². The lowest BCUT2D eigenvalue weighted by molar-refractivity contribution is -0.138. The number of rotatable bonds is 6. The average Bonchev–Trinajstić information content (AvgIpc) is 2.71. The molecule has 0 saturated carbocycles. The van der Waals surface area contributed by atoms with Crippen molar-refractivity contribution in [3.05, 3.63) is 69.8 Å². The first kappa shape index (κ1) is 25.2. The predicted octanol–water partition coefficient (Wildman–Crippen LogP) is 5.11. The zero-order chi connectivity index (χ0) is 24.3. The molecule has 2 rings (SSSR count). The second-order valence-electron chi connectivity index (χ2n) is 7.42. The first-order valence-corrected chi connectivity index (χ1v) is 9.34. The minimum atomic E-state index is -4.94. The smallest absolute Gasteiger partial charge is 0.396 e. The molecule has 0 aliphatic heterocycles. The Bertz CT molecular complexity index is 989. The molecule has 1 atom stereocenters. The van der Waals surface area contributed by atoms with Gasteiger partial charge in [0.25, 0.3) is 0 Å². The fourth-order valence-electron chi connectivity index (χ4n) is 3.50. The van der Waals surface area contributed by atoms with Gasteiger partial charge in [-0.25, -0.2) is 0 Å². The van der Waals surface area contributed by atoms with Crippen LogP contribution in [0.2, 0.25) is 0 Å². The number of halogens is 6. The highest BCUT2D eigenvalue weighted by atomic mass is 19.4. The molecule has 0 saturated heterocycles. The molecule has 32 heavy (non-hydrogen) atoms. The average molecular weight is 456 g/mol. The summed E-state index contributed by atoms with van der Waals surface area (Å²) in [5, 5.41) is 38.6. The highest BCUT2D eigenvalue weighted by Crippen LogP contribution is 2.42. The van der Waals surface area contributed by atoms with Crippen molar-refractivity contribution in [3.63, 3.8) is 0 Å². The molecule has 0 radical (unpaired) electrons. The van der Waals surface area contributed by atoms with E-state index in [9.17, 15) is 31.4 Å². The van der Waals surface area contributed by atoms with Crippen LogP contribution in [0.1, 0.15) is 53.1 Å². The first-order valence-electron chi connectivity index (χ1n) is 9.34. The summed E-state index contributed by atoms with van der Waals surface area (Å²) < 4.78 is 80.7. The third kappa shape index (κ3) is 5.21. The zero-order valence-corrected chi connectivity index (χ0v) is 16.7. The summed E-state index contributed by atoms with van der Waals surface area (Å²) in [6.45, 7) is 1.27. The van der Waals surface area contributed by atoms with E-state index >= 15 is 0 Å². The number of alkyl halides is 6. The van der Waals surface area contributed by atoms with Crippen LogP contribution >= 0.6 is 0 Å². The van der Waals surface area contributed by atoms with Gasteiger partial charge in [-0.05, 0) is 54.2 Å². The number of nitriles is 2. The summed E-state index contributed by atoms with van der Waals surface area (Å²) in [5.74, 6) is -0.500. The van der Waals surface area contributed by atoms with E-state index < -0.39 is 46.1 Å². The fraction of sp³-hybridized carbons (Fsp3) is 0.364. The zero-order valence-electron chi connectivity index (χ0n) is 16.7. The molecule has 170 valence electrons. The Morgan fingerprint density at radius 2 is 1.25 bits per heavy atom. The van der Waals surface area contributed by atoms with Crippen molar-refractivity contribution in [1.82, 2.24) is 0 Å². The summed E-state index contributed by atoms with van der Waals surface area (Å²) in [7, 11) is 0. The summed E-state index contributed by atoms with van der Waals surface area (Å²) in [6, 6.07) is 7.66. The third-order valence-electron chi connectivity index (χ3n) is 5.11. The van der Waals surface area contributed by atoms with Gasteiger partial charge in [-0.2, -0.15) is 36.9 Å². The van der Waals surface area contributed by atoms with Gasteiger partial charge < -0.3 is 10.2 Å². The van der Waals surface area contributed by atoms with E-state index in [-0.39, 0.29) is 30.6 Å². The lowest BCUT2D eigenvalue weighted by atomic mass is 9.77. The molecule has 0 fully saturated rings. The minimum absolute atomic E-state index is 0.132. The van der Waals surface area contributed by atoms with Crippen LogP contribution < -0.4 is 0 Å². The van der Waals surface area contributed by atoms with E-state index in [0.29, 0.717) is 12.1 Å². The van der Waals surface area contributed by atoms with Gasteiger partial charge in [-0.3, -0.25) is 0 Å². The van der Waals surface area contributed by atoms with E-state index in [1.807, 2.05) is 0 Å². The molecule has 4 nitrogen and oxygen atoms in total. The molecule has 0 heterocycles. The Kier molecular flexibility index (Phi) is 7.23. The molecule has 2 aromatic carbocycles. The molecular weight excluding hydrogens is 438 g/mol. The van der Waals surface area contributed by atoms with Crippen molar-refractivity contribution >= 4 is 0 Å². The predicted molar refractivity (Wildman–Crippen MR) is 101 cm³/mol. The highest BCUT2D eigenvalue weighted by molar-refractivity contribution is 5.49. The lowest BCUT2D eigenvalue weighted by Gasteiger charge is -2.33. The Hall–Kier alpha value is -3.08. The third-order valence-corrected chi connectivity index (χ3v) is 5.11. The Labute approximate surface area is 180 Å². The van der Waals surface area contributed by atoms with E-state index in [1.165, 1.54) is 12.1 Å². The molecule has 0 aromatic heterocycles. The van der Waals surface area contributed by atoms with Crippen molar-refractivity contribution in [2.45, 2.75) is 37.7 Å². The Morgan fingerprint density at radius 3 is 1.56 bits per heavy atom. The molecule has 0 aliphatic rings. The summed E-state index contributed by atoms with van der Waals surface area (Å²) in [5.41, 5.74) is -7.15. The van der Waals surface area contributed by atoms with Gasteiger partial charge in [-0.1, -0.05) is 19.1 Å². The molecular formula is C22H18F6N2O2. The number of benzene rings is 2. The van der Waals surface area contributed by atoms with Crippen LogP contribution in [0, 0.1) is 28.6 Å². The molecule has 0 aliphatic carbocycles. The molecule has 10 heteroatoms. The summed E-state index contributed by atoms with van der Waals surface area (Å²) in [4.78, 5) is 0. The van der Waals surface area contributed by atoms with Crippen molar-refractivity contribution in [2.24, 2.45) is 5.92 Å². The Morgan fingerprint density at radius 1 is 0.844 bits per heavy atom. The number of hydrogen-bond donors (Lipinski definition) is 2. The number of aliphatic hydroxyl groups is 2. The van der Waals surface area contributed by atoms with Crippen molar-refractivity contribution in [3.8, 4) is 12.1 Å². The van der Waals surface area contributed by atoms with Crippen LogP contribution in [0.3, 0.4) is 0 Å². The van der Waals surface area contributed by atoms with Crippen LogP contribution in [-0.4, -0.2) is 16.8 Å². The standard InChI is InChI=1S/C22H18F6N2O2/c1-13(6-7-31)10-20(32,16-4-2-14(11-29)18(8-16)21(23,24)25)17-5-3-15(12-30)19(9-17)22(26,27)28/h2-5,8-9,13,31-32H,6-7,10H2,1H3. The normalized spacial score (nSPS) is 13.3. The van der Waals surface area contributed by atoms with Gasteiger partial charge in [-0.15, -0.1) is 0 Å². The van der Waals surface area contributed by atoms with E-state index in [2.05, 4.69) is 0 Å². The minimum Gasteiger partial charge on any atom is -0.396 e. The van der Waals surface area contributed by atoms with Crippen molar-refractivity contribution < 1.29 is 36.6 Å². The molecule has 1 unspecified atom stereocenters. The second-order valence-corrected chi connectivity index (χ2v) is 7.42. The van der Waals surface area contributed by atoms with E-state index in [0.717, 1.165) is 24.3 Å². The van der Waals surface area contributed by atoms with Crippen LogP contribution in [0.15, 0.2) is 36.4 Å². The van der Waals surface area contributed by atoms with Gasteiger partial charge in [0.15, 0.2) is 0 Å². The van der Waals surface area contributed by atoms with Crippen molar-refractivity contribution in [2.75, 3.05) is 6.61 Å². The second kappa shape index (κ2) is 9.19. The molecule has 2 N–H and O–H groups in total. The molecule has 0 spiro atoms. The van der Waals surface area contributed by atoms with Crippen LogP contribution in [0.5, 0.6) is 0 Å². The molecule has 0 amide bonds. The lowest BCUT2D eigenvalue weighted by Crippen LogP contribution is -2.31. The first-order chi connectivity index (χ1) is 14.8. The number of aliphatic hydroxyl groups excluding tert-OH is 1. The number of nitrogens with zero attached hydrogens (tertiary/aromatic N) is 2. The quantitative estimate of drug-likeness (QED) is 0.592. The highest BCUT2D eigenvalue weighted by Gasteiger charge is 2.41.